The summed E-state index contributed by atoms with van der Waals surface area (Å²) in [4.78, 5) is 14.8. The molecule has 0 aliphatic carbocycles. The summed E-state index contributed by atoms with van der Waals surface area (Å²) in [7, 11) is 1.77. The van der Waals surface area contributed by atoms with Gasteiger partial charge >= 0.3 is 6.03 Å². The van der Waals surface area contributed by atoms with Gasteiger partial charge in [-0.05, 0) is 37.6 Å². The minimum atomic E-state index is -0.346. The summed E-state index contributed by atoms with van der Waals surface area (Å²) in [5, 5.41) is 6.19. The molecule has 2 aromatic rings. The molecule has 2 amide bonds. The molecule has 4 rings (SSSR count). The van der Waals surface area contributed by atoms with Crippen LogP contribution in [0.15, 0.2) is 53.6 Å². The van der Waals surface area contributed by atoms with E-state index >= 15 is 0 Å². The highest BCUT2D eigenvalue weighted by Crippen LogP contribution is 2.43. The van der Waals surface area contributed by atoms with E-state index in [2.05, 4.69) is 5.10 Å². The van der Waals surface area contributed by atoms with E-state index in [0.29, 0.717) is 23.6 Å². The molecule has 0 spiro atoms. The van der Waals surface area contributed by atoms with Crippen molar-refractivity contribution in [1.29, 1.82) is 0 Å². The number of amides is 2. The van der Waals surface area contributed by atoms with E-state index < -0.39 is 0 Å². The molecule has 0 saturated heterocycles. The third kappa shape index (κ3) is 2.95. The average molecular weight is 367 g/mol. The van der Waals surface area contributed by atoms with Gasteiger partial charge in [0.2, 0.25) is 0 Å². The van der Waals surface area contributed by atoms with E-state index in [0.717, 1.165) is 5.56 Å². The van der Waals surface area contributed by atoms with Gasteiger partial charge in [0.1, 0.15) is 11.6 Å². The van der Waals surface area contributed by atoms with Gasteiger partial charge in [-0.3, -0.25) is 0 Å². The van der Waals surface area contributed by atoms with Gasteiger partial charge in [-0.1, -0.05) is 30.3 Å². The Morgan fingerprint density at radius 1 is 1.26 bits per heavy atom. The predicted octanol–water partition coefficient (Wildman–Crippen LogP) is 4.06. The van der Waals surface area contributed by atoms with Crippen molar-refractivity contribution in [3.63, 3.8) is 0 Å². The van der Waals surface area contributed by atoms with Crippen molar-refractivity contribution in [1.82, 2.24) is 9.91 Å². The number of nitrogens with zero attached hydrogens (tertiary/aromatic N) is 3. The number of ether oxygens (including phenoxy) is 1. The highest BCUT2D eigenvalue weighted by molar-refractivity contribution is 6.07. The van der Waals surface area contributed by atoms with E-state index in [1.807, 2.05) is 44.2 Å². The van der Waals surface area contributed by atoms with Gasteiger partial charge in [-0.2, -0.15) is 5.10 Å². The van der Waals surface area contributed by atoms with Crippen LogP contribution in [0.25, 0.3) is 0 Å². The van der Waals surface area contributed by atoms with E-state index in [-0.39, 0.29) is 29.8 Å². The molecule has 0 saturated carbocycles. The summed E-state index contributed by atoms with van der Waals surface area (Å²) < 4.78 is 19.7. The van der Waals surface area contributed by atoms with E-state index in [1.165, 1.54) is 17.1 Å². The number of carbonyl (C=O) groups is 1. The molecule has 2 heterocycles. The molecule has 0 unspecified atom stereocenters. The van der Waals surface area contributed by atoms with Gasteiger partial charge in [-0.25, -0.2) is 14.2 Å². The van der Waals surface area contributed by atoms with Crippen molar-refractivity contribution < 1.29 is 13.9 Å². The van der Waals surface area contributed by atoms with Crippen LogP contribution < -0.4 is 4.74 Å². The van der Waals surface area contributed by atoms with Gasteiger partial charge in [0.05, 0.1) is 24.3 Å². The second kappa shape index (κ2) is 6.68. The Bertz CT molecular complexity index is 898. The van der Waals surface area contributed by atoms with Crippen molar-refractivity contribution in [2.75, 3.05) is 13.7 Å². The van der Waals surface area contributed by atoms with Gasteiger partial charge in [0.25, 0.3) is 0 Å². The molecule has 0 aromatic heterocycles. The Morgan fingerprint density at radius 2 is 2.00 bits per heavy atom. The van der Waals surface area contributed by atoms with Crippen molar-refractivity contribution in [3.8, 4) is 5.75 Å². The molecule has 140 valence electrons. The Morgan fingerprint density at radius 3 is 2.70 bits per heavy atom. The molecule has 0 bridgehead atoms. The van der Waals surface area contributed by atoms with E-state index in [9.17, 15) is 9.18 Å². The fraction of sp³-hybridized carbons (Fsp3) is 0.333. The second-order valence-electron chi connectivity index (χ2n) is 7.23. The second-order valence-corrected chi connectivity index (χ2v) is 7.23. The third-order valence-electron chi connectivity index (χ3n) is 5.26. The Hall–Kier alpha value is -2.89. The maximum absolute atomic E-state index is 13.9. The summed E-state index contributed by atoms with van der Waals surface area (Å²) in [5.74, 6) is 0.108. The maximum Gasteiger partial charge on any atom is 0.341 e. The maximum atomic E-state index is 13.9. The van der Waals surface area contributed by atoms with E-state index in [1.54, 1.807) is 18.0 Å². The topological polar surface area (TPSA) is 45.1 Å². The predicted molar refractivity (Wildman–Crippen MR) is 101 cm³/mol. The zero-order valence-electron chi connectivity index (χ0n) is 15.6. The number of hydrogen-bond acceptors (Lipinski definition) is 3. The number of carbonyl (C=O) groups excluding carboxylic acids is 1. The lowest BCUT2D eigenvalue weighted by atomic mass is 9.86. The minimum Gasteiger partial charge on any atom is -0.492 e. The first kappa shape index (κ1) is 17.5. The number of hydrazone groups is 1. The summed E-state index contributed by atoms with van der Waals surface area (Å²) in [5.41, 5.74) is 2.31. The molecule has 2 aromatic carbocycles. The zero-order chi connectivity index (χ0) is 19.1. The molecule has 5 nitrogen and oxygen atoms in total. The number of rotatable bonds is 2. The highest BCUT2D eigenvalue weighted by Gasteiger charge is 2.46. The lowest BCUT2D eigenvalue weighted by Gasteiger charge is -2.32. The largest absolute Gasteiger partial charge is 0.492 e. The normalized spacial score (nSPS) is 20.6. The quantitative estimate of drug-likeness (QED) is 0.804. The third-order valence-corrected chi connectivity index (χ3v) is 5.26. The first-order valence-electron chi connectivity index (χ1n) is 9.09. The Labute approximate surface area is 158 Å². The summed E-state index contributed by atoms with van der Waals surface area (Å²) in [6.45, 7) is 4.31. The Balaban J connectivity index is 1.81. The van der Waals surface area contributed by atoms with Crippen molar-refractivity contribution in [3.05, 3.63) is 65.5 Å². The van der Waals surface area contributed by atoms with Crippen LogP contribution in [0.1, 0.15) is 31.0 Å². The Kier molecular flexibility index (Phi) is 4.34. The fourth-order valence-electron chi connectivity index (χ4n) is 3.57. The number of halogens is 1. The van der Waals surface area contributed by atoms with E-state index in [4.69, 9.17) is 4.74 Å². The molecule has 6 heteroatoms. The van der Waals surface area contributed by atoms with Gasteiger partial charge in [-0.15, -0.1) is 0 Å². The molecule has 2 atom stereocenters. The lowest BCUT2D eigenvalue weighted by molar-refractivity contribution is 0.125. The minimum absolute atomic E-state index is 0.0396. The standard InChI is InChI=1S/C21H22FN3O2/c1-13(2)24(3)21(26)25-20(14-7-5-4-6-8-14)17-12-27-18-10-9-15(22)11-16(18)19(17)23-25/h4-11,13,17,20H,12H2,1-3H3/t17-,20-/m0/s1. The molecule has 0 fully saturated rings. The van der Waals surface area contributed by atoms with Crippen molar-refractivity contribution in [2.45, 2.75) is 25.9 Å². The summed E-state index contributed by atoms with van der Waals surface area (Å²) in [6, 6.07) is 13.8. The van der Waals surface area contributed by atoms with Crippen LogP contribution in [-0.4, -0.2) is 41.3 Å². The van der Waals surface area contributed by atoms with Crippen LogP contribution in [0, 0.1) is 11.7 Å². The monoisotopic (exact) mass is 367 g/mol. The van der Waals surface area contributed by atoms with Crippen molar-refractivity contribution in [2.24, 2.45) is 11.0 Å². The summed E-state index contributed by atoms with van der Waals surface area (Å²) >= 11 is 0. The number of benzene rings is 2. The van der Waals surface area contributed by atoms with Crippen molar-refractivity contribution >= 4 is 11.7 Å². The van der Waals surface area contributed by atoms with Crippen LogP contribution in [-0.2, 0) is 0 Å². The molecule has 0 radical (unpaired) electrons. The molecule has 2 aliphatic heterocycles. The molecule has 0 N–H and O–H groups in total. The fourth-order valence-corrected chi connectivity index (χ4v) is 3.57. The van der Waals surface area contributed by atoms with Gasteiger partial charge < -0.3 is 9.64 Å². The first-order valence-corrected chi connectivity index (χ1v) is 9.09. The van der Waals surface area contributed by atoms with Gasteiger partial charge in [0, 0.05) is 18.7 Å². The number of urea groups is 1. The van der Waals surface area contributed by atoms with Crippen LogP contribution in [0.5, 0.6) is 5.75 Å². The molecule has 27 heavy (non-hydrogen) atoms. The number of hydrogen-bond donors (Lipinski definition) is 0. The SMILES string of the molecule is CC(C)N(C)C(=O)N1N=C2c3cc(F)ccc3OC[C@@H]2[C@@H]1c1ccccc1. The smallest absolute Gasteiger partial charge is 0.341 e. The average Bonchev–Trinajstić information content (AvgIpc) is 3.07. The molecule has 2 aliphatic rings. The molecular weight excluding hydrogens is 345 g/mol. The van der Waals surface area contributed by atoms with Crippen LogP contribution in [0.3, 0.4) is 0 Å². The summed E-state index contributed by atoms with van der Waals surface area (Å²) in [6.07, 6.45) is 0. The van der Waals surface area contributed by atoms with Crippen LogP contribution >= 0.6 is 0 Å². The van der Waals surface area contributed by atoms with Crippen LogP contribution in [0.2, 0.25) is 0 Å². The lowest BCUT2D eigenvalue weighted by Crippen LogP contribution is -2.43. The highest BCUT2D eigenvalue weighted by atomic mass is 19.1. The zero-order valence-corrected chi connectivity index (χ0v) is 15.6. The first-order chi connectivity index (χ1) is 13.0. The molecular formula is C21H22FN3O2. The van der Waals surface area contributed by atoms with Gasteiger partial charge in [0.15, 0.2) is 0 Å². The van der Waals surface area contributed by atoms with Crippen LogP contribution in [0.4, 0.5) is 9.18 Å². The number of fused-ring (bicyclic) bond motifs is 3.